The van der Waals surface area contributed by atoms with E-state index in [0.717, 1.165) is 35.9 Å². The normalized spacial score (nSPS) is 11.9. The number of rotatable bonds is 5. The van der Waals surface area contributed by atoms with Crippen LogP contribution in [0.1, 0.15) is 43.5 Å². The summed E-state index contributed by atoms with van der Waals surface area (Å²) in [6.07, 6.45) is 3.07. The molecular formula is C14H25N3S. The third-order valence-corrected chi connectivity index (χ3v) is 3.32. The first-order valence-electron chi connectivity index (χ1n) is 6.40. The van der Waals surface area contributed by atoms with E-state index in [0.29, 0.717) is 0 Å². The molecule has 0 radical (unpaired) electrons. The van der Waals surface area contributed by atoms with E-state index in [1.54, 1.807) is 11.8 Å². The topological polar surface area (TPSA) is 37.8 Å². The van der Waals surface area contributed by atoms with E-state index in [1.165, 1.54) is 5.56 Å². The van der Waals surface area contributed by atoms with Gasteiger partial charge in [-0.3, -0.25) is 0 Å². The summed E-state index contributed by atoms with van der Waals surface area (Å²) in [7, 11) is 0. The highest BCUT2D eigenvalue weighted by Crippen LogP contribution is 2.13. The summed E-state index contributed by atoms with van der Waals surface area (Å²) in [5.41, 5.74) is 3.71. The van der Waals surface area contributed by atoms with Gasteiger partial charge >= 0.3 is 0 Å². The summed E-state index contributed by atoms with van der Waals surface area (Å²) >= 11 is 1.76. The quantitative estimate of drug-likeness (QED) is 0.890. The summed E-state index contributed by atoms with van der Waals surface area (Å²) in [4.78, 5) is 9.16. The van der Waals surface area contributed by atoms with E-state index in [4.69, 9.17) is 0 Å². The van der Waals surface area contributed by atoms with Crippen molar-refractivity contribution in [2.24, 2.45) is 0 Å². The molecule has 0 saturated carbocycles. The minimum absolute atomic E-state index is 0.168. The Bertz CT molecular complexity index is 374. The van der Waals surface area contributed by atoms with Crippen LogP contribution in [0.5, 0.6) is 0 Å². The molecule has 0 spiro atoms. The Labute approximate surface area is 115 Å². The van der Waals surface area contributed by atoms with Crippen LogP contribution in [-0.2, 0) is 12.2 Å². The van der Waals surface area contributed by atoms with Crippen molar-refractivity contribution in [2.75, 3.05) is 12.8 Å². The summed E-state index contributed by atoms with van der Waals surface area (Å²) in [5, 5.41) is 3.50. The zero-order valence-electron chi connectivity index (χ0n) is 12.4. The van der Waals surface area contributed by atoms with Crippen LogP contribution in [0.3, 0.4) is 0 Å². The molecule has 1 rings (SSSR count). The van der Waals surface area contributed by atoms with Crippen molar-refractivity contribution >= 4 is 11.8 Å². The molecule has 1 heterocycles. The molecule has 1 aromatic rings. The lowest BCUT2D eigenvalue weighted by molar-refractivity contribution is 0.429. The molecule has 0 saturated heterocycles. The van der Waals surface area contributed by atoms with Gasteiger partial charge in [-0.05, 0) is 59.4 Å². The van der Waals surface area contributed by atoms with Gasteiger partial charge < -0.3 is 5.32 Å². The zero-order chi connectivity index (χ0) is 13.8. The molecule has 0 aliphatic rings. The number of aryl methyl sites for hydroxylation is 2. The maximum absolute atomic E-state index is 4.58. The minimum Gasteiger partial charge on any atom is -0.312 e. The van der Waals surface area contributed by atoms with Crippen molar-refractivity contribution in [1.29, 1.82) is 0 Å². The third kappa shape index (κ3) is 4.94. The zero-order valence-corrected chi connectivity index (χ0v) is 13.2. The largest absolute Gasteiger partial charge is 0.312 e. The van der Waals surface area contributed by atoms with E-state index < -0.39 is 0 Å². The summed E-state index contributed by atoms with van der Waals surface area (Å²) in [6.45, 7) is 11.7. The first-order chi connectivity index (χ1) is 8.33. The second-order valence-corrected chi connectivity index (χ2v) is 6.52. The van der Waals surface area contributed by atoms with Gasteiger partial charge in [-0.15, -0.1) is 0 Å². The molecule has 0 aliphatic heterocycles. The molecule has 0 amide bonds. The van der Waals surface area contributed by atoms with E-state index in [9.17, 15) is 0 Å². The average molecular weight is 267 g/mol. The number of nitrogens with zero attached hydrogens (tertiary/aromatic N) is 2. The predicted octanol–water partition coefficient (Wildman–Crippen LogP) is 2.89. The van der Waals surface area contributed by atoms with Crippen LogP contribution >= 0.6 is 11.8 Å². The third-order valence-electron chi connectivity index (χ3n) is 2.77. The second-order valence-electron chi connectivity index (χ2n) is 5.65. The molecule has 0 atom stereocenters. The fourth-order valence-corrected chi connectivity index (χ4v) is 2.31. The summed E-state index contributed by atoms with van der Waals surface area (Å²) in [5.74, 6) is 1.84. The van der Waals surface area contributed by atoms with Gasteiger partial charge in [0.2, 0.25) is 0 Å². The number of hydrogen-bond donors (Lipinski definition) is 1. The van der Waals surface area contributed by atoms with Crippen LogP contribution in [0.25, 0.3) is 0 Å². The Morgan fingerprint density at radius 3 is 2.11 bits per heavy atom. The summed E-state index contributed by atoms with van der Waals surface area (Å²) in [6, 6.07) is 0. The fourth-order valence-electron chi connectivity index (χ4n) is 1.93. The molecule has 3 nitrogen and oxygen atoms in total. The van der Waals surface area contributed by atoms with Gasteiger partial charge in [-0.1, -0.05) is 0 Å². The fraction of sp³-hybridized carbons (Fsp3) is 0.714. The highest BCUT2D eigenvalue weighted by molar-refractivity contribution is 7.97. The molecule has 0 bridgehead atoms. The number of nitrogens with one attached hydrogen (secondary N) is 1. The van der Waals surface area contributed by atoms with Crippen molar-refractivity contribution in [3.8, 4) is 0 Å². The van der Waals surface area contributed by atoms with Crippen LogP contribution in [0.15, 0.2) is 0 Å². The standard InChI is InChI=1S/C14H25N3S/c1-10-12(7-8-15-14(3,4)5)11(2)17-13(16-10)9-18-6/h15H,7-9H2,1-6H3. The molecule has 102 valence electrons. The lowest BCUT2D eigenvalue weighted by Gasteiger charge is -2.21. The Hall–Kier alpha value is -0.610. The van der Waals surface area contributed by atoms with E-state index in [2.05, 4.69) is 56.2 Å². The molecular weight excluding hydrogens is 242 g/mol. The van der Waals surface area contributed by atoms with Gasteiger partial charge in [-0.25, -0.2) is 9.97 Å². The van der Waals surface area contributed by atoms with E-state index in [1.807, 2.05) is 0 Å². The lowest BCUT2D eigenvalue weighted by atomic mass is 10.1. The van der Waals surface area contributed by atoms with Crippen molar-refractivity contribution in [3.05, 3.63) is 22.8 Å². The van der Waals surface area contributed by atoms with Crippen molar-refractivity contribution in [2.45, 2.75) is 52.3 Å². The first-order valence-corrected chi connectivity index (χ1v) is 7.80. The van der Waals surface area contributed by atoms with Crippen molar-refractivity contribution in [3.63, 3.8) is 0 Å². The first kappa shape index (κ1) is 15.4. The Kier molecular flexibility index (Phi) is 5.60. The van der Waals surface area contributed by atoms with Gasteiger partial charge in [-0.2, -0.15) is 11.8 Å². The highest BCUT2D eigenvalue weighted by atomic mass is 32.2. The van der Waals surface area contributed by atoms with Gasteiger partial charge in [0.05, 0.1) is 5.75 Å². The van der Waals surface area contributed by atoms with Crippen LogP contribution < -0.4 is 5.32 Å². The molecule has 18 heavy (non-hydrogen) atoms. The molecule has 0 fully saturated rings. The van der Waals surface area contributed by atoms with E-state index >= 15 is 0 Å². The van der Waals surface area contributed by atoms with Crippen molar-refractivity contribution in [1.82, 2.24) is 15.3 Å². The summed E-state index contributed by atoms with van der Waals surface area (Å²) < 4.78 is 0. The number of thioether (sulfide) groups is 1. The van der Waals surface area contributed by atoms with Gasteiger partial charge in [0.1, 0.15) is 5.82 Å². The molecule has 0 unspecified atom stereocenters. The maximum Gasteiger partial charge on any atom is 0.138 e. The van der Waals surface area contributed by atoms with Crippen LogP contribution in [-0.4, -0.2) is 28.3 Å². The monoisotopic (exact) mass is 267 g/mol. The van der Waals surface area contributed by atoms with Crippen molar-refractivity contribution < 1.29 is 0 Å². The highest BCUT2D eigenvalue weighted by Gasteiger charge is 2.11. The second kappa shape index (κ2) is 6.53. The molecule has 0 aliphatic carbocycles. The molecule has 0 aromatic carbocycles. The maximum atomic E-state index is 4.58. The number of hydrogen-bond acceptors (Lipinski definition) is 4. The average Bonchev–Trinajstić information content (AvgIpc) is 2.21. The van der Waals surface area contributed by atoms with Crippen LogP contribution in [0.4, 0.5) is 0 Å². The van der Waals surface area contributed by atoms with Crippen LogP contribution in [0.2, 0.25) is 0 Å². The van der Waals surface area contributed by atoms with Gasteiger partial charge in [0.25, 0.3) is 0 Å². The minimum atomic E-state index is 0.168. The Morgan fingerprint density at radius 1 is 1.11 bits per heavy atom. The van der Waals surface area contributed by atoms with Gasteiger partial charge in [0, 0.05) is 16.9 Å². The molecule has 4 heteroatoms. The van der Waals surface area contributed by atoms with Crippen LogP contribution in [0, 0.1) is 13.8 Å². The Morgan fingerprint density at radius 2 is 1.67 bits per heavy atom. The molecule has 1 N–H and O–H groups in total. The SMILES string of the molecule is CSCc1nc(C)c(CCNC(C)(C)C)c(C)n1. The molecule has 1 aromatic heterocycles. The Balaban J connectivity index is 2.71. The van der Waals surface area contributed by atoms with E-state index in [-0.39, 0.29) is 5.54 Å². The van der Waals surface area contributed by atoms with Gasteiger partial charge in [0.15, 0.2) is 0 Å². The predicted molar refractivity (Wildman–Crippen MR) is 80.2 cm³/mol. The lowest BCUT2D eigenvalue weighted by Crippen LogP contribution is -2.37. The number of aromatic nitrogens is 2. The smallest absolute Gasteiger partial charge is 0.138 e.